The maximum absolute atomic E-state index is 11.9. The highest BCUT2D eigenvalue weighted by Gasteiger charge is 2.14. The van der Waals surface area contributed by atoms with Gasteiger partial charge in [-0.1, -0.05) is 25.4 Å². The van der Waals surface area contributed by atoms with Gasteiger partial charge in [-0.2, -0.15) is 0 Å². The summed E-state index contributed by atoms with van der Waals surface area (Å²) in [6, 6.07) is 0. The van der Waals surface area contributed by atoms with Gasteiger partial charge in [0.05, 0.1) is 11.2 Å². The monoisotopic (exact) mass is 303 g/mol. The molecule has 1 heterocycles. The van der Waals surface area contributed by atoms with Crippen LogP contribution >= 0.6 is 11.6 Å². The Morgan fingerprint density at radius 1 is 1.53 bits per heavy atom. The molecule has 0 bridgehead atoms. The number of hydrogen-bond acceptors (Lipinski definition) is 4. The van der Waals surface area contributed by atoms with Crippen molar-refractivity contribution in [3.8, 4) is 0 Å². The summed E-state index contributed by atoms with van der Waals surface area (Å²) >= 11 is 5.92. The Morgan fingerprint density at radius 2 is 2.21 bits per heavy atom. The number of nitrogens with one attached hydrogen (secondary N) is 1. The van der Waals surface area contributed by atoms with Crippen LogP contribution in [0.2, 0.25) is 5.02 Å². The Morgan fingerprint density at radius 3 is 2.79 bits per heavy atom. The Hall–Kier alpha value is -1.01. The van der Waals surface area contributed by atoms with Crippen molar-refractivity contribution in [3.63, 3.8) is 0 Å². The van der Waals surface area contributed by atoms with Crippen molar-refractivity contribution in [2.75, 3.05) is 18.6 Å². The molecule has 0 aliphatic carbocycles. The van der Waals surface area contributed by atoms with E-state index in [1.165, 1.54) is 6.20 Å². The molecule has 1 aromatic rings. The summed E-state index contributed by atoms with van der Waals surface area (Å²) in [4.78, 5) is 20.2. The lowest BCUT2D eigenvalue weighted by atomic mass is 10.2. The molecule has 1 unspecified atom stereocenters. The topological polar surface area (TPSA) is 72.0 Å². The second kappa shape index (κ2) is 7.55. The molecule has 1 aromatic heterocycles. The molecule has 1 rings (SSSR count). The number of amides is 1. The van der Waals surface area contributed by atoms with Gasteiger partial charge in [0, 0.05) is 35.3 Å². The van der Waals surface area contributed by atoms with Gasteiger partial charge >= 0.3 is 0 Å². The van der Waals surface area contributed by atoms with E-state index in [0.29, 0.717) is 24.5 Å². The van der Waals surface area contributed by atoms with Crippen LogP contribution < -0.4 is 5.32 Å². The van der Waals surface area contributed by atoms with Gasteiger partial charge in [0.2, 0.25) is 0 Å². The standard InChI is InChI=1S/C12H18ClN3O2S/c1-8(2)11-15-7-9(13)10(16-11)12(17)14-5-4-6-19(3)18/h7-8H,4-6H2,1-3H3,(H,14,17). The highest BCUT2D eigenvalue weighted by molar-refractivity contribution is 7.84. The second-order valence-electron chi connectivity index (χ2n) is 4.47. The van der Waals surface area contributed by atoms with E-state index < -0.39 is 10.8 Å². The van der Waals surface area contributed by atoms with Gasteiger partial charge in [-0.25, -0.2) is 9.97 Å². The van der Waals surface area contributed by atoms with E-state index in [1.54, 1.807) is 6.26 Å². The first-order chi connectivity index (χ1) is 8.91. The highest BCUT2D eigenvalue weighted by atomic mass is 35.5. The zero-order valence-electron chi connectivity index (χ0n) is 11.3. The molecule has 19 heavy (non-hydrogen) atoms. The van der Waals surface area contributed by atoms with Crippen molar-refractivity contribution < 1.29 is 9.00 Å². The van der Waals surface area contributed by atoms with Crippen molar-refractivity contribution in [1.82, 2.24) is 15.3 Å². The SMILES string of the molecule is CC(C)c1ncc(Cl)c(C(=O)NCCCS(C)=O)n1. The molecule has 0 aromatic carbocycles. The minimum Gasteiger partial charge on any atom is -0.351 e. The molecule has 1 amide bonds. The molecule has 0 fully saturated rings. The lowest BCUT2D eigenvalue weighted by Crippen LogP contribution is -2.27. The van der Waals surface area contributed by atoms with E-state index in [-0.39, 0.29) is 22.5 Å². The molecule has 7 heteroatoms. The minimum atomic E-state index is -0.842. The molecule has 0 aliphatic heterocycles. The van der Waals surface area contributed by atoms with Crippen molar-refractivity contribution >= 4 is 28.3 Å². The fourth-order valence-electron chi connectivity index (χ4n) is 1.38. The largest absolute Gasteiger partial charge is 0.351 e. The summed E-state index contributed by atoms with van der Waals surface area (Å²) in [5, 5.41) is 2.95. The Bertz CT molecular complexity index is 480. The van der Waals surface area contributed by atoms with Crippen LogP contribution in [0.1, 0.15) is 42.5 Å². The van der Waals surface area contributed by atoms with Gasteiger partial charge < -0.3 is 5.32 Å². The molecule has 0 aliphatic rings. The average molecular weight is 304 g/mol. The van der Waals surface area contributed by atoms with Crippen molar-refractivity contribution in [2.24, 2.45) is 0 Å². The summed E-state index contributed by atoms with van der Waals surface area (Å²) in [6.45, 7) is 4.35. The van der Waals surface area contributed by atoms with E-state index in [4.69, 9.17) is 11.6 Å². The lowest BCUT2D eigenvalue weighted by molar-refractivity contribution is 0.0948. The first-order valence-corrected chi connectivity index (χ1v) is 8.13. The van der Waals surface area contributed by atoms with Gasteiger partial charge in [-0.3, -0.25) is 9.00 Å². The predicted molar refractivity (Wildman–Crippen MR) is 77.0 cm³/mol. The minimum absolute atomic E-state index is 0.131. The van der Waals surface area contributed by atoms with Crippen LogP contribution in [0.25, 0.3) is 0 Å². The average Bonchev–Trinajstić information content (AvgIpc) is 2.34. The third-order valence-corrected chi connectivity index (χ3v) is 3.53. The van der Waals surface area contributed by atoms with Crippen LogP contribution in [0.3, 0.4) is 0 Å². The lowest BCUT2D eigenvalue weighted by Gasteiger charge is -2.08. The van der Waals surface area contributed by atoms with Crippen LogP contribution in [0.4, 0.5) is 0 Å². The number of aromatic nitrogens is 2. The van der Waals surface area contributed by atoms with Crippen molar-refractivity contribution in [1.29, 1.82) is 0 Å². The number of rotatable bonds is 6. The quantitative estimate of drug-likeness (QED) is 0.813. The fourth-order valence-corrected chi connectivity index (χ4v) is 2.11. The predicted octanol–water partition coefficient (Wildman–Crippen LogP) is 1.75. The number of carbonyl (C=O) groups is 1. The Balaban J connectivity index is 2.65. The molecule has 5 nitrogen and oxygen atoms in total. The zero-order valence-corrected chi connectivity index (χ0v) is 12.8. The summed E-state index contributed by atoms with van der Waals surface area (Å²) in [7, 11) is -0.842. The summed E-state index contributed by atoms with van der Waals surface area (Å²) < 4.78 is 10.9. The smallest absolute Gasteiger partial charge is 0.271 e. The van der Waals surface area contributed by atoms with Crippen molar-refractivity contribution in [2.45, 2.75) is 26.2 Å². The van der Waals surface area contributed by atoms with E-state index in [1.807, 2.05) is 13.8 Å². The van der Waals surface area contributed by atoms with Crippen molar-refractivity contribution in [3.05, 3.63) is 22.7 Å². The highest BCUT2D eigenvalue weighted by Crippen LogP contribution is 2.16. The van der Waals surface area contributed by atoms with E-state index in [0.717, 1.165) is 0 Å². The molecule has 0 saturated heterocycles. The number of halogens is 1. The summed E-state index contributed by atoms with van der Waals surface area (Å²) in [5.41, 5.74) is 0.193. The molecule has 0 saturated carbocycles. The first kappa shape index (κ1) is 16.0. The van der Waals surface area contributed by atoms with Gasteiger partial charge in [-0.15, -0.1) is 0 Å². The Labute approximate surface area is 120 Å². The molecule has 106 valence electrons. The normalized spacial score (nSPS) is 12.5. The zero-order chi connectivity index (χ0) is 14.4. The third kappa shape index (κ3) is 5.24. The van der Waals surface area contributed by atoms with Crippen LogP contribution in [-0.4, -0.2) is 38.6 Å². The molecular formula is C12H18ClN3O2S. The first-order valence-electron chi connectivity index (χ1n) is 6.02. The molecular weight excluding hydrogens is 286 g/mol. The summed E-state index contributed by atoms with van der Waals surface area (Å²) in [6.07, 6.45) is 3.74. The maximum atomic E-state index is 11.9. The van der Waals surface area contributed by atoms with Gasteiger partial charge in [-0.05, 0) is 6.42 Å². The van der Waals surface area contributed by atoms with Gasteiger partial charge in [0.1, 0.15) is 11.5 Å². The maximum Gasteiger partial charge on any atom is 0.271 e. The number of carbonyl (C=O) groups excluding carboxylic acids is 1. The van der Waals surface area contributed by atoms with E-state index >= 15 is 0 Å². The molecule has 0 radical (unpaired) electrons. The van der Waals surface area contributed by atoms with Crippen LogP contribution in [0.15, 0.2) is 6.20 Å². The van der Waals surface area contributed by atoms with Gasteiger partial charge in [0.15, 0.2) is 0 Å². The van der Waals surface area contributed by atoms with Crippen LogP contribution in [0.5, 0.6) is 0 Å². The number of hydrogen-bond donors (Lipinski definition) is 1. The molecule has 0 spiro atoms. The fraction of sp³-hybridized carbons (Fsp3) is 0.583. The van der Waals surface area contributed by atoms with Crippen LogP contribution in [-0.2, 0) is 10.8 Å². The second-order valence-corrected chi connectivity index (χ2v) is 6.43. The summed E-state index contributed by atoms with van der Waals surface area (Å²) in [5.74, 6) is 0.960. The van der Waals surface area contributed by atoms with E-state index in [2.05, 4.69) is 15.3 Å². The number of nitrogens with zero attached hydrogens (tertiary/aromatic N) is 2. The third-order valence-electron chi connectivity index (χ3n) is 2.39. The molecule has 1 atom stereocenters. The Kier molecular flexibility index (Phi) is 6.37. The molecule has 1 N–H and O–H groups in total. The van der Waals surface area contributed by atoms with E-state index in [9.17, 15) is 9.00 Å². The van der Waals surface area contributed by atoms with Gasteiger partial charge in [0.25, 0.3) is 5.91 Å². The van der Waals surface area contributed by atoms with Crippen LogP contribution in [0, 0.1) is 0 Å².